The zero-order valence-electron chi connectivity index (χ0n) is 13.0. The Morgan fingerprint density at radius 2 is 1.60 bits per heavy atom. The maximum Gasteiger partial charge on any atom is 0.305 e. The van der Waals surface area contributed by atoms with Crippen molar-refractivity contribution in [2.75, 3.05) is 6.61 Å². The van der Waals surface area contributed by atoms with E-state index in [9.17, 15) is 4.79 Å². The third-order valence-corrected chi connectivity index (χ3v) is 2.97. The van der Waals surface area contributed by atoms with Crippen LogP contribution in [0.25, 0.3) is 0 Å². The molecule has 0 aliphatic carbocycles. The van der Waals surface area contributed by atoms with E-state index >= 15 is 0 Å². The summed E-state index contributed by atoms with van der Waals surface area (Å²) in [5, 5.41) is 0. The monoisotopic (exact) mass is 278 g/mol. The Bertz CT molecular complexity index is 290. The van der Waals surface area contributed by atoms with Crippen molar-refractivity contribution in [3.05, 3.63) is 37.0 Å². The summed E-state index contributed by atoms with van der Waals surface area (Å²) >= 11 is 0. The van der Waals surface area contributed by atoms with Crippen molar-refractivity contribution in [3.63, 3.8) is 0 Å². The van der Waals surface area contributed by atoms with Crippen molar-refractivity contribution in [2.24, 2.45) is 0 Å². The molecule has 2 nitrogen and oxygen atoms in total. The van der Waals surface area contributed by atoms with Crippen LogP contribution in [-0.4, -0.2) is 12.6 Å². The highest BCUT2D eigenvalue weighted by Gasteiger charge is 2.00. The van der Waals surface area contributed by atoms with Gasteiger partial charge in [0.15, 0.2) is 0 Å². The molecular formula is C18H30O2. The SMILES string of the molecule is C=CCC=CCC=CCCCCCCCC(=O)OCC. The number of ether oxygens (including phenoxy) is 1. The number of esters is 1. The Morgan fingerprint density at radius 3 is 2.35 bits per heavy atom. The van der Waals surface area contributed by atoms with E-state index in [1.54, 1.807) is 0 Å². The Labute approximate surface area is 124 Å². The standard InChI is InChI=1S/C18H30O2/c1-3-5-6-7-8-9-10-11-12-13-14-15-16-17-18(19)20-4-2/h3,6-7,9-10H,1,4-5,8,11-17H2,2H3. The van der Waals surface area contributed by atoms with Gasteiger partial charge in [-0.25, -0.2) is 0 Å². The Kier molecular flexibility index (Phi) is 14.7. The number of carbonyl (C=O) groups is 1. The van der Waals surface area contributed by atoms with E-state index in [0.717, 1.165) is 32.1 Å². The van der Waals surface area contributed by atoms with E-state index in [-0.39, 0.29) is 5.97 Å². The van der Waals surface area contributed by atoms with E-state index in [1.807, 2.05) is 13.0 Å². The Hall–Kier alpha value is -1.31. The van der Waals surface area contributed by atoms with Crippen LogP contribution in [0.3, 0.4) is 0 Å². The van der Waals surface area contributed by atoms with Gasteiger partial charge in [0.05, 0.1) is 6.61 Å². The summed E-state index contributed by atoms with van der Waals surface area (Å²) in [6.07, 6.45) is 20.2. The largest absolute Gasteiger partial charge is 0.466 e. The number of rotatable bonds is 13. The third-order valence-electron chi connectivity index (χ3n) is 2.97. The van der Waals surface area contributed by atoms with Crippen LogP contribution in [0.15, 0.2) is 37.0 Å². The second-order valence-electron chi connectivity index (χ2n) is 4.81. The normalized spacial score (nSPS) is 11.2. The van der Waals surface area contributed by atoms with Gasteiger partial charge in [-0.05, 0) is 39.0 Å². The second-order valence-corrected chi connectivity index (χ2v) is 4.81. The van der Waals surface area contributed by atoms with Crippen molar-refractivity contribution in [2.45, 2.75) is 64.7 Å². The molecule has 0 N–H and O–H groups in total. The van der Waals surface area contributed by atoms with Crippen LogP contribution >= 0.6 is 0 Å². The molecule has 20 heavy (non-hydrogen) atoms. The first-order chi connectivity index (χ1) is 9.81. The predicted octanol–water partition coefficient (Wildman–Crippen LogP) is 5.36. The van der Waals surface area contributed by atoms with Crippen molar-refractivity contribution in [3.8, 4) is 0 Å². The molecule has 0 saturated heterocycles. The van der Waals surface area contributed by atoms with Gasteiger partial charge in [0.25, 0.3) is 0 Å². The van der Waals surface area contributed by atoms with Gasteiger partial charge >= 0.3 is 5.97 Å². The van der Waals surface area contributed by atoms with Gasteiger partial charge in [-0.3, -0.25) is 4.79 Å². The van der Waals surface area contributed by atoms with Crippen LogP contribution in [0, 0.1) is 0 Å². The summed E-state index contributed by atoms with van der Waals surface area (Å²) in [7, 11) is 0. The lowest BCUT2D eigenvalue weighted by Gasteiger charge is -2.01. The first-order valence-electron chi connectivity index (χ1n) is 7.87. The highest BCUT2D eigenvalue weighted by molar-refractivity contribution is 5.69. The zero-order chi connectivity index (χ0) is 14.9. The summed E-state index contributed by atoms with van der Waals surface area (Å²) < 4.78 is 4.89. The molecule has 0 bridgehead atoms. The molecule has 0 amide bonds. The number of hydrogen-bond donors (Lipinski definition) is 0. The molecule has 0 saturated carbocycles. The lowest BCUT2D eigenvalue weighted by atomic mass is 10.1. The quantitative estimate of drug-likeness (QED) is 0.257. The third kappa shape index (κ3) is 14.7. The number of hydrogen-bond acceptors (Lipinski definition) is 2. The molecule has 0 rings (SSSR count). The Morgan fingerprint density at radius 1 is 0.950 bits per heavy atom. The highest BCUT2D eigenvalue weighted by Crippen LogP contribution is 2.08. The fourth-order valence-electron chi connectivity index (χ4n) is 1.88. The molecular weight excluding hydrogens is 248 g/mol. The molecule has 0 aliphatic heterocycles. The van der Waals surface area contributed by atoms with E-state index in [2.05, 4.69) is 30.9 Å². The van der Waals surface area contributed by atoms with Crippen LogP contribution in [0.2, 0.25) is 0 Å². The van der Waals surface area contributed by atoms with E-state index < -0.39 is 0 Å². The molecule has 0 unspecified atom stereocenters. The summed E-state index contributed by atoms with van der Waals surface area (Å²) in [5.41, 5.74) is 0. The maximum absolute atomic E-state index is 11.1. The first-order valence-corrected chi connectivity index (χ1v) is 7.87. The fourth-order valence-corrected chi connectivity index (χ4v) is 1.88. The van der Waals surface area contributed by atoms with Crippen LogP contribution in [0.5, 0.6) is 0 Å². The highest BCUT2D eigenvalue weighted by atomic mass is 16.5. The van der Waals surface area contributed by atoms with Gasteiger partial charge in [0.2, 0.25) is 0 Å². The lowest BCUT2D eigenvalue weighted by molar-refractivity contribution is -0.143. The van der Waals surface area contributed by atoms with Gasteiger partial charge in [-0.1, -0.05) is 49.6 Å². The molecule has 0 fully saturated rings. The molecule has 0 spiro atoms. The molecule has 0 radical (unpaired) electrons. The lowest BCUT2D eigenvalue weighted by Crippen LogP contribution is -2.03. The fraction of sp³-hybridized carbons (Fsp3) is 0.611. The van der Waals surface area contributed by atoms with Crippen LogP contribution < -0.4 is 0 Å². The Balaban J connectivity index is 3.22. The summed E-state index contributed by atoms with van der Waals surface area (Å²) in [6, 6.07) is 0. The zero-order valence-corrected chi connectivity index (χ0v) is 13.0. The molecule has 2 heteroatoms. The van der Waals surface area contributed by atoms with Crippen LogP contribution in [0.4, 0.5) is 0 Å². The van der Waals surface area contributed by atoms with Crippen molar-refractivity contribution in [1.29, 1.82) is 0 Å². The smallest absolute Gasteiger partial charge is 0.305 e. The minimum atomic E-state index is -0.0556. The molecule has 0 aliphatic rings. The van der Waals surface area contributed by atoms with Crippen LogP contribution in [0.1, 0.15) is 64.7 Å². The maximum atomic E-state index is 11.1. The van der Waals surface area contributed by atoms with Crippen molar-refractivity contribution < 1.29 is 9.53 Å². The van der Waals surface area contributed by atoms with Crippen molar-refractivity contribution >= 4 is 5.97 Å². The van der Waals surface area contributed by atoms with E-state index in [4.69, 9.17) is 4.74 Å². The predicted molar refractivity (Wildman–Crippen MR) is 86.7 cm³/mol. The topological polar surface area (TPSA) is 26.3 Å². The van der Waals surface area contributed by atoms with Gasteiger partial charge in [0, 0.05) is 6.42 Å². The number of carbonyl (C=O) groups excluding carboxylic acids is 1. The molecule has 0 aromatic carbocycles. The van der Waals surface area contributed by atoms with E-state index in [0.29, 0.717) is 13.0 Å². The van der Waals surface area contributed by atoms with Crippen LogP contribution in [-0.2, 0) is 9.53 Å². The number of allylic oxidation sites excluding steroid dienone is 5. The molecule has 0 atom stereocenters. The minimum Gasteiger partial charge on any atom is -0.466 e. The van der Waals surface area contributed by atoms with Crippen molar-refractivity contribution in [1.82, 2.24) is 0 Å². The van der Waals surface area contributed by atoms with Gasteiger partial charge in [-0.2, -0.15) is 0 Å². The summed E-state index contributed by atoms with van der Waals surface area (Å²) in [6.45, 7) is 6.02. The minimum absolute atomic E-state index is 0.0556. The average molecular weight is 278 g/mol. The summed E-state index contributed by atoms with van der Waals surface area (Å²) in [5.74, 6) is -0.0556. The second kappa shape index (κ2) is 15.7. The van der Waals surface area contributed by atoms with E-state index in [1.165, 1.54) is 19.3 Å². The molecule has 114 valence electrons. The molecule has 0 aromatic rings. The first kappa shape index (κ1) is 18.7. The van der Waals surface area contributed by atoms with Gasteiger partial charge in [0.1, 0.15) is 0 Å². The number of unbranched alkanes of at least 4 members (excludes halogenated alkanes) is 5. The average Bonchev–Trinajstić information content (AvgIpc) is 2.44. The van der Waals surface area contributed by atoms with Gasteiger partial charge < -0.3 is 4.74 Å². The summed E-state index contributed by atoms with van der Waals surface area (Å²) in [4.78, 5) is 11.1. The van der Waals surface area contributed by atoms with Gasteiger partial charge in [-0.15, -0.1) is 6.58 Å². The molecule has 0 aromatic heterocycles. The molecule has 0 heterocycles.